The smallest absolute Gasteiger partial charge is 0.126 e. The Morgan fingerprint density at radius 1 is 1.33 bits per heavy atom. The van der Waals surface area contributed by atoms with Gasteiger partial charge in [0, 0.05) is 29.3 Å². The first-order valence-electron chi connectivity index (χ1n) is 7.66. The summed E-state index contributed by atoms with van der Waals surface area (Å²) in [6, 6.07) is 6.81. The predicted octanol–water partition coefficient (Wildman–Crippen LogP) is 2.65. The molecule has 2 fully saturated rings. The summed E-state index contributed by atoms with van der Waals surface area (Å²) in [6.45, 7) is 3.35. The van der Waals surface area contributed by atoms with Crippen LogP contribution in [0, 0.1) is 11.3 Å². The number of piperidine rings is 2. The van der Waals surface area contributed by atoms with Gasteiger partial charge in [0.05, 0.1) is 5.56 Å². The van der Waals surface area contributed by atoms with Crippen molar-refractivity contribution in [2.24, 2.45) is 11.7 Å². The largest absolute Gasteiger partial charge is 0.384 e. The minimum Gasteiger partial charge on any atom is -0.384 e. The number of nitrogens with one attached hydrogen (secondary N) is 1. The summed E-state index contributed by atoms with van der Waals surface area (Å²) in [5.41, 5.74) is 7.73. The number of hydrogen-bond acceptors (Lipinski definition) is 3. The number of benzene rings is 1. The molecule has 0 spiro atoms. The van der Waals surface area contributed by atoms with E-state index in [9.17, 15) is 0 Å². The van der Waals surface area contributed by atoms with Crippen molar-refractivity contribution in [1.82, 2.24) is 4.90 Å². The SMILES string of the molecule is CN1CCCC2CN(c3cccc(Br)c3C(=N)N)CCC21. The fraction of sp³-hybridized carbons (Fsp3) is 0.562. The zero-order valence-corrected chi connectivity index (χ0v) is 14.1. The van der Waals surface area contributed by atoms with E-state index in [-0.39, 0.29) is 5.84 Å². The lowest BCUT2D eigenvalue weighted by atomic mass is 9.84. The van der Waals surface area contributed by atoms with Gasteiger partial charge in [0.25, 0.3) is 0 Å². The van der Waals surface area contributed by atoms with Crippen LogP contribution >= 0.6 is 15.9 Å². The van der Waals surface area contributed by atoms with Gasteiger partial charge in [0.2, 0.25) is 0 Å². The molecule has 0 amide bonds. The van der Waals surface area contributed by atoms with E-state index >= 15 is 0 Å². The number of rotatable bonds is 2. The third-order valence-corrected chi connectivity index (χ3v) is 5.61. The molecule has 0 aromatic heterocycles. The molecule has 0 radical (unpaired) electrons. The summed E-state index contributed by atoms with van der Waals surface area (Å²) >= 11 is 3.54. The number of halogens is 1. The molecule has 0 saturated carbocycles. The molecule has 21 heavy (non-hydrogen) atoms. The van der Waals surface area contributed by atoms with Crippen molar-refractivity contribution in [2.45, 2.75) is 25.3 Å². The molecule has 4 nitrogen and oxygen atoms in total. The molecule has 2 aliphatic heterocycles. The van der Waals surface area contributed by atoms with Crippen molar-refractivity contribution in [3.8, 4) is 0 Å². The molecule has 2 saturated heterocycles. The van der Waals surface area contributed by atoms with Crippen molar-refractivity contribution in [3.05, 3.63) is 28.2 Å². The molecule has 5 heteroatoms. The van der Waals surface area contributed by atoms with E-state index in [1.165, 1.54) is 25.8 Å². The molecule has 2 heterocycles. The quantitative estimate of drug-likeness (QED) is 0.636. The fourth-order valence-corrected chi connectivity index (χ4v) is 4.48. The van der Waals surface area contributed by atoms with Gasteiger partial charge in [-0.05, 0) is 66.8 Å². The van der Waals surface area contributed by atoms with Crippen molar-refractivity contribution < 1.29 is 0 Å². The molecule has 2 atom stereocenters. The Balaban J connectivity index is 1.86. The summed E-state index contributed by atoms with van der Waals surface area (Å²) in [5.74, 6) is 0.872. The number of nitrogens with zero attached hydrogens (tertiary/aromatic N) is 2. The molecule has 2 unspecified atom stereocenters. The number of amidine groups is 1. The molecule has 2 aliphatic rings. The highest BCUT2D eigenvalue weighted by atomic mass is 79.9. The summed E-state index contributed by atoms with van der Waals surface area (Å²) in [7, 11) is 2.26. The highest BCUT2D eigenvalue weighted by Gasteiger charge is 2.35. The molecular formula is C16H23BrN4. The van der Waals surface area contributed by atoms with Gasteiger partial charge in [-0.25, -0.2) is 0 Å². The van der Waals surface area contributed by atoms with Crippen molar-refractivity contribution in [2.75, 3.05) is 31.6 Å². The van der Waals surface area contributed by atoms with Gasteiger partial charge in [-0.2, -0.15) is 0 Å². The van der Waals surface area contributed by atoms with Gasteiger partial charge < -0.3 is 15.5 Å². The highest BCUT2D eigenvalue weighted by Crippen LogP contribution is 2.34. The summed E-state index contributed by atoms with van der Waals surface area (Å²) in [5, 5.41) is 7.86. The molecular weight excluding hydrogens is 328 g/mol. The Kier molecular flexibility index (Phi) is 4.22. The molecule has 1 aromatic carbocycles. The Morgan fingerprint density at radius 2 is 2.14 bits per heavy atom. The van der Waals surface area contributed by atoms with Crippen LogP contribution in [0.5, 0.6) is 0 Å². The maximum absolute atomic E-state index is 7.86. The normalized spacial score (nSPS) is 26.5. The second-order valence-electron chi connectivity index (χ2n) is 6.23. The average Bonchev–Trinajstić information content (AvgIpc) is 2.46. The number of nitrogens with two attached hydrogens (primary N) is 1. The monoisotopic (exact) mass is 350 g/mol. The Hall–Kier alpha value is -1.07. The second-order valence-corrected chi connectivity index (χ2v) is 7.09. The average molecular weight is 351 g/mol. The van der Waals surface area contributed by atoms with Crippen LogP contribution in [-0.4, -0.2) is 43.5 Å². The summed E-state index contributed by atoms with van der Waals surface area (Å²) in [6.07, 6.45) is 3.81. The first kappa shape index (κ1) is 14.9. The van der Waals surface area contributed by atoms with Crippen LogP contribution in [0.4, 0.5) is 5.69 Å². The zero-order chi connectivity index (χ0) is 15.0. The van der Waals surface area contributed by atoms with Crippen LogP contribution in [0.15, 0.2) is 22.7 Å². The zero-order valence-electron chi connectivity index (χ0n) is 12.5. The Labute approximate surface area is 134 Å². The van der Waals surface area contributed by atoms with E-state index in [1.54, 1.807) is 0 Å². The van der Waals surface area contributed by atoms with E-state index in [4.69, 9.17) is 11.1 Å². The summed E-state index contributed by atoms with van der Waals surface area (Å²) in [4.78, 5) is 4.94. The van der Waals surface area contributed by atoms with E-state index in [1.807, 2.05) is 12.1 Å². The van der Waals surface area contributed by atoms with Crippen LogP contribution < -0.4 is 10.6 Å². The van der Waals surface area contributed by atoms with E-state index in [0.29, 0.717) is 0 Å². The van der Waals surface area contributed by atoms with Gasteiger partial charge in [-0.15, -0.1) is 0 Å². The topological polar surface area (TPSA) is 56.4 Å². The van der Waals surface area contributed by atoms with Crippen LogP contribution in [0.3, 0.4) is 0 Å². The van der Waals surface area contributed by atoms with Gasteiger partial charge in [0.15, 0.2) is 0 Å². The minimum atomic E-state index is 0.139. The highest BCUT2D eigenvalue weighted by molar-refractivity contribution is 9.10. The molecule has 0 bridgehead atoms. The van der Waals surface area contributed by atoms with E-state index in [0.717, 1.165) is 40.8 Å². The fourth-order valence-electron chi connectivity index (χ4n) is 3.91. The first-order chi connectivity index (χ1) is 10.1. The molecule has 3 N–H and O–H groups in total. The molecule has 3 rings (SSSR count). The number of hydrogen-bond donors (Lipinski definition) is 2. The molecule has 114 valence electrons. The first-order valence-corrected chi connectivity index (χ1v) is 8.45. The molecule has 1 aromatic rings. The van der Waals surface area contributed by atoms with Gasteiger partial charge in [-0.1, -0.05) is 6.07 Å². The maximum atomic E-state index is 7.86. The van der Waals surface area contributed by atoms with E-state index < -0.39 is 0 Å². The van der Waals surface area contributed by atoms with Crippen LogP contribution in [0.2, 0.25) is 0 Å². The lowest BCUT2D eigenvalue weighted by molar-refractivity contribution is 0.102. The number of nitrogen functional groups attached to an aromatic ring is 1. The molecule has 0 aliphatic carbocycles. The third kappa shape index (κ3) is 2.81. The Morgan fingerprint density at radius 3 is 2.90 bits per heavy atom. The number of fused-ring (bicyclic) bond motifs is 1. The summed E-state index contributed by atoms with van der Waals surface area (Å²) < 4.78 is 0.912. The number of anilines is 1. The predicted molar refractivity (Wildman–Crippen MR) is 91.1 cm³/mol. The van der Waals surface area contributed by atoms with Gasteiger partial charge in [0.1, 0.15) is 5.84 Å². The van der Waals surface area contributed by atoms with Gasteiger partial charge in [-0.3, -0.25) is 5.41 Å². The van der Waals surface area contributed by atoms with Crippen molar-refractivity contribution in [1.29, 1.82) is 5.41 Å². The lowest BCUT2D eigenvalue weighted by Gasteiger charge is -2.47. The van der Waals surface area contributed by atoms with E-state index in [2.05, 4.69) is 38.8 Å². The Bertz CT molecular complexity index is 545. The van der Waals surface area contributed by atoms with Crippen LogP contribution in [0.1, 0.15) is 24.8 Å². The maximum Gasteiger partial charge on any atom is 0.126 e. The van der Waals surface area contributed by atoms with Crippen LogP contribution in [0.25, 0.3) is 0 Å². The van der Waals surface area contributed by atoms with Gasteiger partial charge >= 0.3 is 0 Å². The lowest BCUT2D eigenvalue weighted by Crippen LogP contribution is -2.53. The number of likely N-dealkylation sites (tertiary alicyclic amines) is 1. The minimum absolute atomic E-state index is 0.139. The third-order valence-electron chi connectivity index (χ3n) is 4.95. The standard InChI is InChI=1S/C16H23BrN4/c1-20-8-3-4-11-10-21(9-7-13(11)20)14-6-2-5-12(17)15(14)16(18)19/h2,5-6,11,13H,3-4,7-10H2,1H3,(H3,18,19). The van der Waals surface area contributed by atoms with Crippen molar-refractivity contribution >= 4 is 27.5 Å². The van der Waals surface area contributed by atoms with Crippen LogP contribution in [-0.2, 0) is 0 Å². The van der Waals surface area contributed by atoms with Crippen molar-refractivity contribution in [3.63, 3.8) is 0 Å². The second kappa shape index (κ2) is 5.97.